The molecular weight excluding hydrogens is 549 g/mol. The number of nitrogens with zero attached hydrogens (tertiary/aromatic N) is 1. The highest BCUT2D eigenvalue weighted by Crippen LogP contribution is 2.51. The van der Waals surface area contributed by atoms with Crippen molar-refractivity contribution in [2.45, 2.75) is 31.7 Å². The molecule has 2 aromatic rings. The van der Waals surface area contributed by atoms with Crippen LogP contribution < -0.4 is 0 Å². The van der Waals surface area contributed by atoms with Gasteiger partial charge in [0.1, 0.15) is 5.75 Å². The van der Waals surface area contributed by atoms with E-state index in [0.29, 0.717) is 22.8 Å². The van der Waals surface area contributed by atoms with Crippen molar-refractivity contribution < 1.29 is 38.6 Å². The number of imide groups is 3. The number of methoxy groups -OCH3 is 2. The second-order valence-electron chi connectivity index (χ2n) is 10.5. The van der Waals surface area contributed by atoms with Gasteiger partial charge in [-0.1, -0.05) is 41.9 Å². The first-order valence-corrected chi connectivity index (χ1v) is 13.9. The maximum atomic E-state index is 13.4. The summed E-state index contributed by atoms with van der Waals surface area (Å²) in [7, 11) is 1.53. The first-order valence-electron chi connectivity index (χ1n) is 13.5. The molecule has 0 saturated carbocycles. The summed E-state index contributed by atoms with van der Waals surface area (Å²) in [6, 6.07) is 14.6. The van der Waals surface area contributed by atoms with E-state index >= 15 is 0 Å². The van der Waals surface area contributed by atoms with Crippen LogP contribution in [0.25, 0.3) is 11.6 Å². The fourth-order valence-corrected chi connectivity index (χ4v) is 6.63. The quantitative estimate of drug-likeness (QED) is 0.212. The van der Waals surface area contributed by atoms with Gasteiger partial charge in [0, 0.05) is 7.11 Å². The third kappa shape index (κ3) is 5.70. The van der Waals surface area contributed by atoms with Crippen molar-refractivity contribution in [2.24, 2.45) is 17.8 Å². The van der Waals surface area contributed by atoms with E-state index in [4.69, 9.17) is 25.7 Å². The summed E-state index contributed by atoms with van der Waals surface area (Å²) in [5, 5.41) is 21.0. The van der Waals surface area contributed by atoms with Crippen LogP contribution in [0.15, 0.2) is 59.7 Å². The van der Waals surface area contributed by atoms with Crippen molar-refractivity contribution in [3.05, 3.63) is 75.8 Å². The Morgan fingerprint density at radius 2 is 1.90 bits per heavy atom. The van der Waals surface area contributed by atoms with Crippen LogP contribution in [0.3, 0.4) is 0 Å². The second kappa shape index (κ2) is 12.2. The van der Waals surface area contributed by atoms with Crippen molar-refractivity contribution in [1.82, 2.24) is 4.90 Å². The van der Waals surface area contributed by atoms with Gasteiger partial charge in [0.15, 0.2) is 0 Å². The lowest BCUT2D eigenvalue weighted by Crippen LogP contribution is -2.46. The Bertz CT molecular complexity index is 1410. The zero-order valence-corrected chi connectivity index (χ0v) is 23.5. The minimum absolute atomic E-state index is 0.0722. The number of phenols is 1. The summed E-state index contributed by atoms with van der Waals surface area (Å²) >= 11 is 6.42. The number of ether oxygens (including phenoxy) is 2. The van der Waals surface area contributed by atoms with Gasteiger partial charge in [0.25, 0.3) is 0 Å². The monoisotopic (exact) mass is 579 g/mol. The smallest absolute Gasteiger partial charge is 0.455 e. The lowest BCUT2D eigenvalue weighted by Gasteiger charge is -2.43. The fourth-order valence-electron chi connectivity index (χ4n) is 6.40. The summed E-state index contributed by atoms with van der Waals surface area (Å²) in [5.41, 5.74) is 4.37. The molecule has 0 spiro atoms. The van der Waals surface area contributed by atoms with E-state index in [0.717, 1.165) is 35.0 Å². The molecule has 3 amide bonds. The Hall–Kier alpha value is -3.44. The molecule has 2 heterocycles. The van der Waals surface area contributed by atoms with Gasteiger partial charge < -0.3 is 24.3 Å². The number of benzene rings is 2. The van der Waals surface area contributed by atoms with Crippen LogP contribution in [0.5, 0.6) is 5.75 Å². The molecule has 2 aromatic carbocycles. The van der Waals surface area contributed by atoms with Crippen LogP contribution in [0.2, 0.25) is 11.3 Å². The number of hydrogen-bond donors (Lipinski definition) is 2. The Labute approximate surface area is 243 Å². The largest absolute Gasteiger partial charge is 0.508 e. The highest BCUT2D eigenvalue weighted by atomic mass is 35.5. The normalized spacial score (nSPS) is 24.4. The molecule has 4 atom stereocenters. The molecule has 5 rings (SSSR count). The molecule has 1 aliphatic carbocycles. The molecule has 0 radical (unpaired) electrons. The summed E-state index contributed by atoms with van der Waals surface area (Å²) in [6.07, 6.45) is 1.78. The van der Waals surface area contributed by atoms with E-state index in [1.54, 1.807) is 19.2 Å². The number of amides is 3. The third-order valence-electron chi connectivity index (χ3n) is 8.12. The van der Waals surface area contributed by atoms with E-state index in [1.165, 1.54) is 6.07 Å². The molecule has 0 aromatic heterocycles. The Kier molecular flexibility index (Phi) is 8.65. The van der Waals surface area contributed by atoms with Crippen LogP contribution >= 0.6 is 11.6 Å². The van der Waals surface area contributed by atoms with E-state index < -0.39 is 48.9 Å². The molecule has 0 bridgehead atoms. The fraction of sp³-hybridized carbons (Fsp3) is 0.367. The number of carbonyl (C=O) groups excluding carboxylic acids is 3. The molecule has 2 aliphatic heterocycles. The number of carbonyl (C=O) groups is 3. The predicted molar refractivity (Wildman–Crippen MR) is 153 cm³/mol. The van der Waals surface area contributed by atoms with Gasteiger partial charge in [-0.3, -0.25) is 9.59 Å². The summed E-state index contributed by atoms with van der Waals surface area (Å²) in [6.45, 7) is 0.231. The molecular formula is C30H31BClNO8. The molecule has 214 valence electrons. The zero-order chi connectivity index (χ0) is 29.3. The number of halogens is 1. The van der Waals surface area contributed by atoms with Gasteiger partial charge >= 0.3 is 13.2 Å². The summed E-state index contributed by atoms with van der Waals surface area (Å²) < 4.78 is 16.3. The van der Waals surface area contributed by atoms with E-state index in [9.17, 15) is 24.5 Å². The molecule has 11 heteroatoms. The standard InChI is InChI=1S/C30H31BClNO8/c1-39-16-20-13-22-27(29(36)33(28(22)35)30(37)40-2)23-15-31(38)41-25(26(20)23)11-9-18(17-6-4-3-5-7-17)12-19-8-10-21(34)14-24(19)32/h3-8,10,12,14,22-23,25,27,34,38H,9,11,13,15-16H2,1-2H3/b18-12-/t22-,23+,25-,27-/m1/s1. The van der Waals surface area contributed by atoms with Gasteiger partial charge in [0.05, 0.1) is 36.7 Å². The second-order valence-corrected chi connectivity index (χ2v) is 10.9. The van der Waals surface area contributed by atoms with E-state index in [2.05, 4.69) is 0 Å². The van der Waals surface area contributed by atoms with Crippen LogP contribution in [0, 0.1) is 17.8 Å². The van der Waals surface area contributed by atoms with Crippen molar-refractivity contribution in [1.29, 1.82) is 0 Å². The minimum atomic E-state index is -1.15. The SMILES string of the molecule is COCC1=C2[C@@H](CC/C(=C/c3ccc(O)cc3Cl)c3ccccc3)OB(O)C[C@@H]2[C@@H]2C(=O)N(C(=O)OC)C(=O)[C@@H]2C1. The van der Waals surface area contributed by atoms with Crippen molar-refractivity contribution in [3.63, 3.8) is 0 Å². The van der Waals surface area contributed by atoms with Crippen molar-refractivity contribution in [3.8, 4) is 5.75 Å². The Morgan fingerprint density at radius 3 is 2.59 bits per heavy atom. The highest BCUT2D eigenvalue weighted by Gasteiger charge is 2.59. The van der Waals surface area contributed by atoms with Crippen LogP contribution in [0.4, 0.5) is 4.79 Å². The average Bonchev–Trinajstić information content (AvgIpc) is 3.21. The number of allylic oxidation sites excluding steroid dienone is 1. The van der Waals surface area contributed by atoms with Crippen molar-refractivity contribution in [2.75, 3.05) is 20.8 Å². The molecule has 2 N–H and O–H groups in total. The number of hydrogen-bond acceptors (Lipinski definition) is 8. The average molecular weight is 580 g/mol. The lowest BCUT2D eigenvalue weighted by molar-refractivity contribution is -0.137. The topological polar surface area (TPSA) is 123 Å². The van der Waals surface area contributed by atoms with Gasteiger partial charge in [-0.2, -0.15) is 4.90 Å². The van der Waals surface area contributed by atoms with Crippen LogP contribution in [-0.4, -0.2) is 67.0 Å². The number of rotatable bonds is 7. The van der Waals surface area contributed by atoms with Gasteiger partial charge in [-0.15, -0.1) is 0 Å². The molecule has 2 fully saturated rings. The molecule has 0 unspecified atom stereocenters. The summed E-state index contributed by atoms with van der Waals surface area (Å²) in [4.78, 5) is 39.4. The lowest BCUT2D eigenvalue weighted by atomic mass is 9.58. The predicted octanol–water partition coefficient (Wildman–Crippen LogP) is 4.58. The number of likely N-dealkylation sites (tertiary alicyclic amines) is 1. The van der Waals surface area contributed by atoms with Crippen LogP contribution in [0.1, 0.15) is 30.4 Å². The molecule has 41 heavy (non-hydrogen) atoms. The molecule has 2 saturated heterocycles. The zero-order valence-electron chi connectivity index (χ0n) is 22.8. The third-order valence-corrected chi connectivity index (χ3v) is 8.45. The first kappa shape index (κ1) is 29.1. The first-order chi connectivity index (χ1) is 19.7. The van der Waals surface area contributed by atoms with Gasteiger partial charge in [-0.05, 0) is 83.6 Å². The maximum absolute atomic E-state index is 13.4. The maximum Gasteiger partial charge on any atom is 0.455 e. The molecule has 3 aliphatic rings. The summed E-state index contributed by atoms with van der Waals surface area (Å²) in [5.74, 6) is -3.14. The van der Waals surface area contributed by atoms with E-state index in [1.807, 2.05) is 36.4 Å². The van der Waals surface area contributed by atoms with Gasteiger partial charge in [-0.25, -0.2) is 4.79 Å². The van der Waals surface area contributed by atoms with Gasteiger partial charge in [0.2, 0.25) is 11.8 Å². The number of phenolic OH excluding ortho intramolecular Hbond substituents is 1. The number of fused-ring (bicyclic) bond motifs is 3. The van der Waals surface area contributed by atoms with E-state index in [-0.39, 0.29) is 25.1 Å². The number of aromatic hydroxyl groups is 1. The highest BCUT2D eigenvalue weighted by molar-refractivity contribution is 6.43. The Balaban J connectivity index is 1.49. The molecule has 9 nitrogen and oxygen atoms in total. The van der Waals surface area contributed by atoms with Crippen molar-refractivity contribution >= 4 is 48.3 Å². The Morgan fingerprint density at radius 1 is 1.15 bits per heavy atom. The minimum Gasteiger partial charge on any atom is -0.508 e. The van der Waals surface area contributed by atoms with Crippen LogP contribution in [-0.2, 0) is 23.7 Å².